The van der Waals surface area contributed by atoms with Gasteiger partial charge in [-0.1, -0.05) is 133 Å². The van der Waals surface area contributed by atoms with Gasteiger partial charge in [-0.25, -0.2) is 4.98 Å². The van der Waals surface area contributed by atoms with Gasteiger partial charge >= 0.3 is 0 Å². The first kappa shape index (κ1) is 26.6. The third-order valence-corrected chi connectivity index (χ3v) is 9.28. The van der Waals surface area contributed by atoms with Crippen molar-refractivity contribution in [3.8, 4) is 39.9 Å². The van der Waals surface area contributed by atoms with Crippen molar-refractivity contribution in [2.24, 2.45) is 0 Å². The highest BCUT2D eigenvalue weighted by Gasteiger charge is 2.21. The summed E-state index contributed by atoms with van der Waals surface area (Å²) in [5.74, 6) is 1.71. The molecule has 0 fully saturated rings. The Bertz CT molecular complexity index is 2790. The monoisotopic (exact) mass is 614 g/mol. The number of furan rings is 1. The molecule has 0 bridgehead atoms. The van der Waals surface area contributed by atoms with E-state index < -0.39 is 0 Å². The SMILES string of the molecule is c1ccc(-c2nc(-c3cccc4c3oc3cccc(-c5cccc6ccccc56)c34)nc(-n3c4ccccc4c4ccccc43)n2)cc1. The van der Waals surface area contributed by atoms with Gasteiger partial charge in [0.25, 0.3) is 0 Å². The summed E-state index contributed by atoms with van der Waals surface area (Å²) in [5, 5.41) is 6.81. The highest BCUT2D eigenvalue weighted by atomic mass is 16.3. The third kappa shape index (κ3) is 4.01. The average molecular weight is 615 g/mol. The van der Waals surface area contributed by atoms with Crippen molar-refractivity contribution in [1.82, 2.24) is 19.5 Å². The average Bonchev–Trinajstić information content (AvgIpc) is 3.71. The zero-order valence-corrected chi connectivity index (χ0v) is 25.7. The molecule has 10 aromatic rings. The molecule has 0 N–H and O–H groups in total. The van der Waals surface area contributed by atoms with Crippen LogP contribution in [0.3, 0.4) is 0 Å². The fourth-order valence-electron chi connectivity index (χ4n) is 7.15. The minimum absolute atomic E-state index is 0.553. The van der Waals surface area contributed by atoms with Crippen LogP contribution in [-0.2, 0) is 0 Å². The van der Waals surface area contributed by atoms with Gasteiger partial charge in [-0.3, -0.25) is 4.57 Å². The summed E-state index contributed by atoms with van der Waals surface area (Å²) in [6.07, 6.45) is 0. The van der Waals surface area contributed by atoms with E-state index in [2.05, 4.69) is 120 Å². The van der Waals surface area contributed by atoms with E-state index in [1.54, 1.807) is 0 Å². The van der Waals surface area contributed by atoms with E-state index in [1.165, 1.54) is 16.3 Å². The van der Waals surface area contributed by atoms with Crippen LogP contribution < -0.4 is 0 Å². The van der Waals surface area contributed by atoms with Crippen LogP contribution in [0.2, 0.25) is 0 Å². The predicted molar refractivity (Wildman–Crippen MR) is 195 cm³/mol. The first-order chi connectivity index (χ1) is 23.8. The summed E-state index contributed by atoms with van der Waals surface area (Å²) in [6, 6.07) is 54.4. The Balaban J connectivity index is 1.26. The van der Waals surface area contributed by atoms with E-state index in [1.807, 2.05) is 42.5 Å². The van der Waals surface area contributed by atoms with Gasteiger partial charge in [0.05, 0.1) is 16.6 Å². The molecule has 0 atom stereocenters. The molecule has 0 saturated carbocycles. The number of para-hydroxylation sites is 3. The van der Waals surface area contributed by atoms with Crippen molar-refractivity contribution < 1.29 is 4.42 Å². The van der Waals surface area contributed by atoms with Gasteiger partial charge in [0.15, 0.2) is 11.6 Å². The number of fused-ring (bicyclic) bond motifs is 7. The molecule has 5 heteroatoms. The van der Waals surface area contributed by atoms with Crippen molar-refractivity contribution in [3.05, 3.63) is 158 Å². The molecule has 3 heterocycles. The maximum Gasteiger partial charge on any atom is 0.238 e. The maximum absolute atomic E-state index is 6.72. The fourth-order valence-corrected chi connectivity index (χ4v) is 7.15. The Labute approximate surface area is 275 Å². The van der Waals surface area contributed by atoms with Crippen LogP contribution in [0.1, 0.15) is 0 Å². The van der Waals surface area contributed by atoms with Crippen molar-refractivity contribution in [2.75, 3.05) is 0 Å². The number of rotatable bonds is 4. The highest BCUT2D eigenvalue weighted by Crippen LogP contribution is 2.42. The van der Waals surface area contributed by atoms with Crippen LogP contribution in [0.5, 0.6) is 0 Å². The Morgan fingerprint density at radius 3 is 1.81 bits per heavy atom. The van der Waals surface area contributed by atoms with E-state index in [0.717, 1.165) is 60.4 Å². The van der Waals surface area contributed by atoms with E-state index in [-0.39, 0.29) is 0 Å². The Morgan fingerprint density at radius 1 is 0.417 bits per heavy atom. The molecule has 7 aromatic carbocycles. The van der Waals surface area contributed by atoms with E-state index in [0.29, 0.717) is 17.6 Å². The van der Waals surface area contributed by atoms with E-state index in [9.17, 15) is 0 Å². The fraction of sp³-hybridized carbons (Fsp3) is 0. The molecule has 48 heavy (non-hydrogen) atoms. The summed E-state index contributed by atoms with van der Waals surface area (Å²) >= 11 is 0. The summed E-state index contributed by atoms with van der Waals surface area (Å²) in [4.78, 5) is 15.4. The van der Waals surface area contributed by atoms with Crippen LogP contribution in [-0.4, -0.2) is 19.5 Å². The number of aromatic nitrogens is 4. The molecule has 0 radical (unpaired) electrons. The zero-order valence-electron chi connectivity index (χ0n) is 25.7. The molecule has 0 aliphatic carbocycles. The molecular weight excluding hydrogens is 589 g/mol. The van der Waals surface area contributed by atoms with Crippen molar-refractivity contribution in [3.63, 3.8) is 0 Å². The topological polar surface area (TPSA) is 56.7 Å². The molecular formula is C43H26N4O. The van der Waals surface area contributed by atoms with Crippen LogP contribution >= 0.6 is 0 Å². The normalized spacial score (nSPS) is 11.8. The second kappa shape index (κ2) is 10.5. The van der Waals surface area contributed by atoms with Gasteiger partial charge in [0, 0.05) is 27.1 Å². The van der Waals surface area contributed by atoms with Crippen molar-refractivity contribution in [2.45, 2.75) is 0 Å². The first-order valence-electron chi connectivity index (χ1n) is 16.0. The standard InChI is InChI=1S/C43H26N4O/c1-2-14-28(15-3-1)41-44-42(46-43(45-41)47-36-24-8-6-18-31(36)32-19-7-9-25-37(32)47)35-23-11-22-34-39-33(21-12-26-38(39)48-40(34)35)30-20-10-16-27-13-4-5-17-29(27)30/h1-26H. The second-order valence-electron chi connectivity index (χ2n) is 12.0. The lowest BCUT2D eigenvalue weighted by Gasteiger charge is -2.11. The molecule has 224 valence electrons. The molecule has 5 nitrogen and oxygen atoms in total. The van der Waals surface area contributed by atoms with Gasteiger partial charge in [0.1, 0.15) is 11.2 Å². The number of hydrogen-bond donors (Lipinski definition) is 0. The van der Waals surface area contributed by atoms with Gasteiger partial charge in [-0.2, -0.15) is 9.97 Å². The van der Waals surface area contributed by atoms with Crippen LogP contribution in [0, 0.1) is 0 Å². The second-order valence-corrected chi connectivity index (χ2v) is 12.0. The predicted octanol–water partition coefficient (Wildman–Crippen LogP) is 11.0. The Kier molecular flexibility index (Phi) is 5.81. The molecule has 0 unspecified atom stereocenters. The smallest absolute Gasteiger partial charge is 0.238 e. The lowest BCUT2D eigenvalue weighted by atomic mass is 9.94. The molecule has 3 aromatic heterocycles. The maximum atomic E-state index is 6.72. The zero-order chi connectivity index (χ0) is 31.6. The molecule has 0 saturated heterocycles. The molecule has 0 spiro atoms. The molecule has 0 aliphatic heterocycles. The summed E-state index contributed by atoms with van der Waals surface area (Å²) < 4.78 is 8.86. The Morgan fingerprint density at radius 2 is 1.00 bits per heavy atom. The quantitative estimate of drug-likeness (QED) is 0.198. The van der Waals surface area contributed by atoms with Crippen molar-refractivity contribution >= 4 is 54.5 Å². The molecule has 0 aliphatic rings. The Hall–Kier alpha value is -6.59. The number of nitrogens with zero attached hydrogens (tertiary/aromatic N) is 4. The summed E-state index contributed by atoms with van der Waals surface area (Å²) in [7, 11) is 0. The van der Waals surface area contributed by atoms with Crippen molar-refractivity contribution in [1.29, 1.82) is 0 Å². The lowest BCUT2D eigenvalue weighted by Crippen LogP contribution is -2.06. The number of benzene rings is 7. The van der Waals surface area contributed by atoms with Gasteiger partial charge in [-0.05, 0) is 46.2 Å². The van der Waals surface area contributed by atoms with Crippen LogP contribution in [0.4, 0.5) is 0 Å². The minimum Gasteiger partial charge on any atom is -0.455 e. The number of hydrogen-bond acceptors (Lipinski definition) is 4. The van der Waals surface area contributed by atoms with E-state index >= 15 is 0 Å². The van der Waals surface area contributed by atoms with Crippen LogP contribution in [0.15, 0.2) is 162 Å². The molecule has 0 amide bonds. The largest absolute Gasteiger partial charge is 0.455 e. The third-order valence-electron chi connectivity index (χ3n) is 9.28. The molecule has 10 rings (SSSR count). The van der Waals surface area contributed by atoms with E-state index in [4.69, 9.17) is 19.4 Å². The lowest BCUT2D eigenvalue weighted by molar-refractivity contribution is 0.669. The van der Waals surface area contributed by atoms with Crippen LogP contribution in [0.25, 0.3) is 94.4 Å². The summed E-state index contributed by atoms with van der Waals surface area (Å²) in [5.41, 5.74) is 7.68. The first-order valence-corrected chi connectivity index (χ1v) is 16.0. The van der Waals surface area contributed by atoms with Gasteiger partial charge in [0.2, 0.25) is 5.95 Å². The summed E-state index contributed by atoms with van der Waals surface area (Å²) in [6.45, 7) is 0. The highest BCUT2D eigenvalue weighted by molar-refractivity contribution is 6.17. The van der Waals surface area contributed by atoms with Gasteiger partial charge in [-0.15, -0.1) is 0 Å². The van der Waals surface area contributed by atoms with Gasteiger partial charge < -0.3 is 4.42 Å². The minimum atomic E-state index is 0.553.